The van der Waals surface area contributed by atoms with Crippen molar-refractivity contribution in [2.75, 3.05) is 26.2 Å². The van der Waals surface area contributed by atoms with Crippen molar-refractivity contribution in [1.29, 1.82) is 0 Å². The summed E-state index contributed by atoms with van der Waals surface area (Å²) in [6.45, 7) is 3.12. The van der Waals surface area contributed by atoms with Gasteiger partial charge in [-0.25, -0.2) is 4.39 Å². The van der Waals surface area contributed by atoms with Crippen LogP contribution in [0.25, 0.3) is 0 Å². The van der Waals surface area contributed by atoms with Crippen LogP contribution in [0, 0.1) is 12.2 Å². The van der Waals surface area contributed by atoms with Gasteiger partial charge in [-0.3, -0.25) is 9.80 Å². The highest BCUT2D eigenvalue weighted by Crippen LogP contribution is 2.37. The van der Waals surface area contributed by atoms with Gasteiger partial charge in [-0.1, -0.05) is 31.4 Å². The maximum atomic E-state index is 13.6. The molecule has 197 valence electrons. The van der Waals surface area contributed by atoms with Gasteiger partial charge in [0, 0.05) is 38.3 Å². The lowest BCUT2D eigenvalue weighted by atomic mass is 9.93. The van der Waals surface area contributed by atoms with Crippen LogP contribution in [0.5, 0.6) is 0 Å². The molecule has 0 aromatic heterocycles. The van der Waals surface area contributed by atoms with Gasteiger partial charge in [0.1, 0.15) is 5.82 Å². The van der Waals surface area contributed by atoms with Crippen molar-refractivity contribution < 1.29 is 30.7 Å². The van der Waals surface area contributed by atoms with Crippen LogP contribution in [0.1, 0.15) is 60.4 Å². The number of benzene rings is 2. The molecule has 1 radical (unpaired) electrons. The first-order valence-electron chi connectivity index (χ1n) is 12.4. The molecule has 1 saturated carbocycles. The Hall–Kier alpha value is -2.13. The molecule has 2 aromatic rings. The molecule has 1 unspecified atom stereocenters. The predicted molar refractivity (Wildman–Crippen MR) is 124 cm³/mol. The summed E-state index contributed by atoms with van der Waals surface area (Å²) in [4.78, 5) is 4.66. The monoisotopic (exact) mass is 515 g/mol. The van der Waals surface area contributed by atoms with Gasteiger partial charge < -0.3 is 0 Å². The smallest absolute Gasteiger partial charge is 0.298 e. The van der Waals surface area contributed by atoms with Crippen LogP contribution in [-0.4, -0.2) is 42.0 Å². The highest BCUT2D eigenvalue weighted by Gasteiger charge is 2.37. The number of halogens is 7. The van der Waals surface area contributed by atoms with E-state index in [-0.39, 0.29) is 24.1 Å². The van der Waals surface area contributed by atoms with E-state index in [0.29, 0.717) is 19.1 Å². The first kappa shape index (κ1) is 26.9. The average Bonchev–Trinajstić information content (AvgIpc) is 2.85. The predicted octanol–water partition coefficient (Wildman–Crippen LogP) is 7.30. The summed E-state index contributed by atoms with van der Waals surface area (Å²) in [5, 5.41) is 0. The van der Waals surface area contributed by atoms with Gasteiger partial charge in [0.05, 0.1) is 11.1 Å². The second kappa shape index (κ2) is 11.1. The molecule has 1 heterocycles. The lowest BCUT2D eigenvalue weighted by Crippen LogP contribution is -2.51. The quantitative estimate of drug-likeness (QED) is 0.373. The van der Waals surface area contributed by atoms with Crippen molar-refractivity contribution >= 4 is 0 Å². The van der Waals surface area contributed by atoms with E-state index in [2.05, 4.69) is 9.80 Å². The van der Waals surface area contributed by atoms with Crippen LogP contribution in [0.15, 0.2) is 42.5 Å². The highest BCUT2D eigenvalue weighted by atomic mass is 19.4. The van der Waals surface area contributed by atoms with Crippen molar-refractivity contribution in [3.8, 4) is 0 Å². The second-order valence-corrected chi connectivity index (χ2v) is 9.71. The molecule has 1 aliphatic carbocycles. The molecular weight excluding hydrogens is 485 g/mol. The first-order valence-corrected chi connectivity index (χ1v) is 12.4. The zero-order valence-electron chi connectivity index (χ0n) is 19.9. The summed E-state index contributed by atoms with van der Waals surface area (Å²) in [5.41, 5.74) is -1.95. The minimum Gasteiger partial charge on any atom is -0.298 e. The molecule has 1 atom stereocenters. The van der Waals surface area contributed by atoms with Gasteiger partial charge in [0.15, 0.2) is 0 Å². The number of rotatable bonds is 6. The molecular formula is C27H30F7N2. The normalized spacial score (nSPS) is 20.0. The second-order valence-electron chi connectivity index (χ2n) is 9.71. The third-order valence-corrected chi connectivity index (χ3v) is 7.27. The Balaban J connectivity index is 1.52. The van der Waals surface area contributed by atoms with Gasteiger partial charge in [-0.05, 0) is 67.1 Å². The van der Waals surface area contributed by atoms with E-state index in [4.69, 9.17) is 0 Å². The maximum Gasteiger partial charge on any atom is 0.416 e. The number of piperazine rings is 1. The van der Waals surface area contributed by atoms with Crippen LogP contribution < -0.4 is 0 Å². The Morgan fingerprint density at radius 1 is 0.778 bits per heavy atom. The summed E-state index contributed by atoms with van der Waals surface area (Å²) in [5.74, 6) is -0.410. The maximum absolute atomic E-state index is 13.6. The zero-order chi connectivity index (χ0) is 25.9. The largest absolute Gasteiger partial charge is 0.416 e. The molecule has 9 heteroatoms. The van der Waals surface area contributed by atoms with Crippen molar-refractivity contribution in [1.82, 2.24) is 9.80 Å². The molecule has 2 aliphatic rings. The molecule has 4 rings (SSSR count). The lowest BCUT2D eigenvalue weighted by molar-refractivity contribution is -0.143. The number of alkyl halides is 6. The van der Waals surface area contributed by atoms with E-state index in [0.717, 1.165) is 30.8 Å². The van der Waals surface area contributed by atoms with Crippen molar-refractivity contribution in [2.24, 2.45) is 0 Å². The van der Waals surface area contributed by atoms with E-state index in [1.807, 2.05) is 0 Å². The SMILES string of the molecule is Fc1ccc(C([CH]Cc2cc(C(F)(F)F)cc(C(F)(F)F)c2)N2CCN(C3CCCCC3)CC2)cc1. The van der Waals surface area contributed by atoms with Crippen LogP contribution in [0.2, 0.25) is 0 Å². The molecule has 2 aromatic carbocycles. The van der Waals surface area contributed by atoms with Gasteiger partial charge in [0.2, 0.25) is 0 Å². The van der Waals surface area contributed by atoms with Crippen molar-refractivity contribution in [2.45, 2.75) is 63.0 Å². The summed E-state index contributed by atoms with van der Waals surface area (Å²) in [6.07, 6.45) is -2.03. The fourth-order valence-corrected chi connectivity index (χ4v) is 5.37. The van der Waals surface area contributed by atoms with Gasteiger partial charge in [-0.2, -0.15) is 26.3 Å². The van der Waals surface area contributed by atoms with Crippen LogP contribution in [-0.2, 0) is 18.8 Å². The van der Waals surface area contributed by atoms with Crippen molar-refractivity contribution in [3.63, 3.8) is 0 Å². The Morgan fingerprint density at radius 2 is 1.33 bits per heavy atom. The Labute approximate surface area is 207 Å². The molecule has 2 fully saturated rings. The Kier molecular flexibility index (Phi) is 8.29. The number of hydrogen-bond acceptors (Lipinski definition) is 2. The third-order valence-electron chi connectivity index (χ3n) is 7.27. The third kappa shape index (κ3) is 6.79. The molecule has 0 bridgehead atoms. The molecule has 1 aliphatic heterocycles. The van der Waals surface area contributed by atoms with Gasteiger partial charge >= 0.3 is 12.4 Å². The van der Waals surface area contributed by atoms with Gasteiger partial charge in [-0.15, -0.1) is 0 Å². The minimum atomic E-state index is -4.89. The van der Waals surface area contributed by atoms with E-state index < -0.39 is 29.3 Å². The summed E-state index contributed by atoms with van der Waals surface area (Å²) < 4.78 is 93.3. The molecule has 2 nitrogen and oxygen atoms in total. The number of nitrogens with zero attached hydrogens (tertiary/aromatic N) is 2. The zero-order valence-corrected chi connectivity index (χ0v) is 19.9. The molecule has 0 spiro atoms. The first-order chi connectivity index (χ1) is 17.0. The lowest BCUT2D eigenvalue weighted by Gasteiger charge is -2.43. The minimum absolute atomic E-state index is 0.0647. The fourth-order valence-electron chi connectivity index (χ4n) is 5.37. The van der Waals surface area contributed by atoms with E-state index >= 15 is 0 Å². The summed E-state index contributed by atoms with van der Waals surface area (Å²) >= 11 is 0. The van der Waals surface area contributed by atoms with Crippen LogP contribution in [0.3, 0.4) is 0 Å². The highest BCUT2D eigenvalue weighted by molar-refractivity contribution is 5.35. The van der Waals surface area contributed by atoms with E-state index in [1.54, 1.807) is 18.6 Å². The van der Waals surface area contributed by atoms with E-state index in [1.165, 1.54) is 44.2 Å². The Morgan fingerprint density at radius 3 is 1.86 bits per heavy atom. The molecule has 36 heavy (non-hydrogen) atoms. The van der Waals surface area contributed by atoms with E-state index in [9.17, 15) is 30.7 Å². The molecule has 0 amide bonds. The fraction of sp³-hybridized carbons (Fsp3) is 0.519. The van der Waals surface area contributed by atoms with Crippen LogP contribution in [0.4, 0.5) is 30.7 Å². The summed E-state index contributed by atoms with van der Waals surface area (Å²) in [6, 6.07) is 7.78. The topological polar surface area (TPSA) is 6.48 Å². The molecule has 0 N–H and O–H groups in total. The van der Waals surface area contributed by atoms with Crippen LogP contribution >= 0.6 is 0 Å². The molecule has 1 saturated heterocycles. The Bertz CT molecular complexity index is 954. The summed E-state index contributed by atoms with van der Waals surface area (Å²) in [7, 11) is 0. The number of hydrogen-bond donors (Lipinski definition) is 0. The van der Waals surface area contributed by atoms with Gasteiger partial charge in [0.25, 0.3) is 0 Å². The standard InChI is InChI=1S/C27H30F7N2/c28-23-9-7-20(8-10-23)25(36-14-12-35(13-15-36)24-4-2-1-3-5-24)11-6-19-16-21(26(29,30)31)18-22(17-19)27(32,33)34/h7-11,16-18,24-25H,1-6,12-15H2. The van der Waals surface area contributed by atoms with Crippen molar-refractivity contribution in [3.05, 3.63) is 77.0 Å². The average molecular weight is 516 g/mol.